The van der Waals surface area contributed by atoms with Crippen LogP contribution in [0.2, 0.25) is 0 Å². The predicted octanol–water partition coefficient (Wildman–Crippen LogP) is 5.48. The number of hydrogen-bond acceptors (Lipinski definition) is 4. The number of aromatic hydroxyl groups is 1. The molecule has 2 aromatic heterocycles. The normalized spacial score (nSPS) is 12.1. The second kappa shape index (κ2) is 8.74. The van der Waals surface area contributed by atoms with Crippen molar-refractivity contribution in [3.8, 4) is 5.88 Å². The Hall–Kier alpha value is -3.82. The molecule has 0 saturated carbocycles. The van der Waals surface area contributed by atoms with Crippen LogP contribution in [0, 0.1) is 5.82 Å². The van der Waals surface area contributed by atoms with Gasteiger partial charge in [0.1, 0.15) is 5.82 Å². The summed E-state index contributed by atoms with van der Waals surface area (Å²) in [6, 6.07) is 7.62. The van der Waals surface area contributed by atoms with Crippen molar-refractivity contribution in [3.05, 3.63) is 72.1 Å². The first-order chi connectivity index (χ1) is 15.3. The van der Waals surface area contributed by atoms with E-state index in [1.807, 2.05) is 4.57 Å². The highest BCUT2D eigenvalue weighted by molar-refractivity contribution is 6.02. The van der Waals surface area contributed by atoms with Gasteiger partial charge in [-0.1, -0.05) is 0 Å². The molecule has 0 aliphatic rings. The third-order valence-corrected chi connectivity index (χ3v) is 4.90. The van der Waals surface area contributed by atoms with Gasteiger partial charge in [0.25, 0.3) is 0 Å². The Kier molecular flexibility index (Phi) is 5.85. The zero-order valence-electron chi connectivity index (χ0n) is 16.7. The van der Waals surface area contributed by atoms with Gasteiger partial charge in [0.2, 0.25) is 0 Å². The maximum Gasteiger partial charge on any atom is 0.418 e. The lowest BCUT2D eigenvalue weighted by Gasteiger charge is -2.15. The zero-order chi connectivity index (χ0) is 22.7. The van der Waals surface area contributed by atoms with Crippen molar-refractivity contribution in [1.29, 1.82) is 0 Å². The summed E-state index contributed by atoms with van der Waals surface area (Å²) in [5.41, 5.74) is -0.185. The van der Waals surface area contributed by atoms with E-state index in [9.17, 15) is 22.7 Å². The molecule has 0 aliphatic carbocycles. The van der Waals surface area contributed by atoms with Crippen molar-refractivity contribution in [1.82, 2.24) is 14.5 Å². The van der Waals surface area contributed by atoms with Crippen LogP contribution in [0.1, 0.15) is 17.5 Å². The van der Waals surface area contributed by atoms with Crippen LogP contribution in [-0.4, -0.2) is 32.4 Å². The summed E-state index contributed by atoms with van der Waals surface area (Å²) in [4.78, 5) is 10.6. The number of benzene rings is 2. The van der Waals surface area contributed by atoms with Crippen molar-refractivity contribution in [2.45, 2.75) is 19.1 Å². The summed E-state index contributed by atoms with van der Waals surface area (Å²) in [6.45, 7) is 0.985. The van der Waals surface area contributed by atoms with Crippen LogP contribution in [0.15, 0.2) is 60.1 Å². The van der Waals surface area contributed by atoms with Gasteiger partial charge in [-0.2, -0.15) is 13.2 Å². The standard InChI is InChI=1S/C22H19F4N5O/c23-14-2-4-16-17(21(32)30-20(16)10-14)12-29-15-3-5-19(18(11-15)22(24,25)26)28-6-1-8-31-9-7-27-13-31/h2-5,7,9-13,28,30,32H,1,6,8H2. The Morgan fingerprint density at radius 1 is 1.19 bits per heavy atom. The second-order valence-corrected chi connectivity index (χ2v) is 7.14. The van der Waals surface area contributed by atoms with E-state index >= 15 is 0 Å². The Morgan fingerprint density at radius 3 is 2.78 bits per heavy atom. The number of halogens is 4. The summed E-state index contributed by atoms with van der Waals surface area (Å²) in [6.07, 6.45) is 2.38. The summed E-state index contributed by atoms with van der Waals surface area (Å²) < 4.78 is 56.0. The fraction of sp³-hybridized carbons (Fsp3) is 0.182. The fourth-order valence-electron chi connectivity index (χ4n) is 3.35. The van der Waals surface area contributed by atoms with E-state index in [1.165, 1.54) is 36.5 Å². The number of fused-ring (bicyclic) bond motifs is 1. The Labute approximate surface area is 180 Å². The summed E-state index contributed by atoms with van der Waals surface area (Å²) in [7, 11) is 0. The minimum atomic E-state index is -4.57. The Morgan fingerprint density at radius 2 is 2.03 bits per heavy atom. The van der Waals surface area contributed by atoms with Gasteiger partial charge in [0, 0.05) is 42.8 Å². The van der Waals surface area contributed by atoms with E-state index in [2.05, 4.69) is 20.3 Å². The molecule has 10 heteroatoms. The number of aliphatic imine (C=N–C) groups is 1. The molecule has 0 bridgehead atoms. The van der Waals surface area contributed by atoms with E-state index in [0.717, 1.165) is 6.07 Å². The van der Waals surface area contributed by atoms with Crippen LogP contribution < -0.4 is 5.32 Å². The molecule has 0 radical (unpaired) electrons. The predicted molar refractivity (Wildman–Crippen MR) is 114 cm³/mol. The third-order valence-electron chi connectivity index (χ3n) is 4.90. The van der Waals surface area contributed by atoms with Gasteiger partial charge < -0.3 is 20.0 Å². The lowest BCUT2D eigenvalue weighted by Crippen LogP contribution is -2.12. The maximum atomic E-state index is 13.6. The minimum Gasteiger partial charge on any atom is -0.494 e. The molecule has 32 heavy (non-hydrogen) atoms. The molecule has 0 unspecified atom stereocenters. The van der Waals surface area contributed by atoms with E-state index in [0.29, 0.717) is 30.4 Å². The fourth-order valence-corrected chi connectivity index (χ4v) is 3.35. The highest BCUT2D eigenvalue weighted by Gasteiger charge is 2.33. The molecule has 0 saturated heterocycles. The van der Waals surface area contributed by atoms with Gasteiger partial charge in [0.15, 0.2) is 5.88 Å². The van der Waals surface area contributed by atoms with Gasteiger partial charge >= 0.3 is 6.18 Å². The van der Waals surface area contributed by atoms with Crippen LogP contribution in [-0.2, 0) is 12.7 Å². The molecule has 2 heterocycles. The molecule has 2 aromatic carbocycles. The number of rotatable bonds is 7. The molecule has 4 rings (SSSR count). The first kappa shape index (κ1) is 21.4. The largest absolute Gasteiger partial charge is 0.494 e. The third kappa shape index (κ3) is 4.74. The van der Waals surface area contributed by atoms with Crippen LogP contribution in [0.5, 0.6) is 5.88 Å². The highest BCUT2D eigenvalue weighted by Crippen LogP contribution is 2.37. The minimum absolute atomic E-state index is 0.0347. The summed E-state index contributed by atoms with van der Waals surface area (Å²) >= 11 is 0. The van der Waals surface area contributed by atoms with E-state index < -0.39 is 17.6 Å². The average Bonchev–Trinajstić information content (AvgIpc) is 3.36. The molecule has 3 N–H and O–H groups in total. The topological polar surface area (TPSA) is 78.2 Å². The second-order valence-electron chi connectivity index (χ2n) is 7.14. The first-order valence-corrected chi connectivity index (χ1v) is 9.76. The lowest BCUT2D eigenvalue weighted by molar-refractivity contribution is -0.136. The average molecular weight is 445 g/mol. The number of hydrogen-bond donors (Lipinski definition) is 3. The molecule has 0 fully saturated rings. The molecular weight excluding hydrogens is 426 g/mol. The van der Waals surface area contributed by atoms with Crippen molar-refractivity contribution >= 4 is 28.5 Å². The lowest BCUT2D eigenvalue weighted by atomic mass is 10.1. The smallest absolute Gasteiger partial charge is 0.418 e. The van der Waals surface area contributed by atoms with Gasteiger partial charge in [-0.05, 0) is 42.8 Å². The van der Waals surface area contributed by atoms with Crippen LogP contribution in [0.4, 0.5) is 28.9 Å². The van der Waals surface area contributed by atoms with E-state index in [-0.39, 0.29) is 22.8 Å². The van der Waals surface area contributed by atoms with Crippen molar-refractivity contribution in [2.75, 3.05) is 11.9 Å². The SMILES string of the molecule is Oc1[nH]c2cc(F)ccc2c1C=Nc1ccc(NCCCn2ccnc2)c(C(F)(F)F)c1. The summed E-state index contributed by atoms with van der Waals surface area (Å²) in [5, 5.41) is 13.4. The zero-order valence-corrected chi connectivity index (χ0v) is 16.7. The van der Waals surface area contributed by atoms with Gasteiger partial charge in [-0.15, -0.1) is 0 Å². The van der Waals surface area contributed by atoms with Crippen molar-refractivity contribution < 1.29 is 22.7 Å². The first-order valence-electron chi connectivity index (χ1n) is 9.76. The quantitative estimate of drug-likeness (QED) is 0.200. The number of aromatic amines is 1. The maximum absolute atomic E-state index is 13.6. The van der Waals surface area contributed by atoms with E-state index in [4.69, 9.17) is 0 Å². The number of aryl methyl sites for hydroxylation is 1. The number of alkyl halides is 3. The van der Waals surface area contributed by atoms with Crippen LogP contribution in [0.3, 0.4) is 0 Å². The van der Waals surface area contributed by atoms with Crippen molar-refractivity contribution in [2.24, 2.45) is 4.99 Å². The van der Waals surface area contributed by atoms with Gasteiger partial charge in [-0.25, -0.2) is 9.37 Å². The summed E-state index contributed by atoms with van der Waals surface area (Å²) in [5.74, 6) is -0.730. The van der Waals surface area contributed by atoms with Crippen molar-refractivity contribution in [3.63, 3.8) is 0 Å². The molecule has 0 spiro atoms. The molecule has 0 amide bonds. The van der Waals surface area contributed by atoms with E-state index in [1.54, 1.807) is 18.7 Å². The highest BCUT2D eigenvalue weighted by atomic mass is 19.4. The molecule has 166 valence electrons. The number of nitrogens with zero attached hydrogens (tertiary/aromatic N) is 3. The van der Waals surface area contributed by atoms with Crippen LogP contribution >= 0.6 is 0 Å². The number of aromatic nitrogens is 3. The number of anilines is 1. The molecule has 6 nitrogen and oxygen atoms in total. The molecule has 0 atom stereocenters. The molecular formula is C22H19F4N5O. The Bertz CT molecular complexity index is 1250. The number of nitrogens with one attached hydrogen (secondary N) is 2. The molecule has 0 aliphatic heterocycles. The van der Waals surface area contributed by atoms with Gasteiger partial charge in [-0.3, -0.25) is 4.99 Å². The monoisotopic (exact) mass is 445 g/mol. The molecule has 4 aromatic rings. The Balaban J connectivity index is 1.53. The number of imidazole rings is 1. The van der Waals surface area contributed by atoms with Crippen LogP contribution in [0.25, 0.3) is 10.9 Å². The number of H-pyrrole nitrogens is 1. The van der Waals surface area contributed by atoms with Gasteiger partial charge in [0.05, 0.1) is 28.7 Å².